The third-order valence-electron chi connectivity index (χ3n) is 8.18. The topological polar surface area (TPSA) is 138 Å². The maximum atomic E-state index is 12.9. The first-order chi connectivity index (χ1) is 16.6. The van der Waals surface area contributed by atoms with Crippen LogP contribution in [-0.4, -0.2) is 70.2 Å². The summed E-state index contributed by atoms with van der Waals surface area (Å²) in [7, 11) is 0. The Bertz CT molecular complexity index is 1060. The number of hydrogen-bond donors (Lipinski definition) is 1. The molecule has 1 N–H and O–H groups in total. The van der Waals surface area contributed by atoms with E-state index in [0.717, 1.165) is 5.57 Å². The molecule has 2 fully saturated rings. The monoisotopic (exact) mass is 506 g/mol. The van der Waals surface area contributed by atoms with Gasteiger partial charge in [-0.1, -0.05) is 18.6 Å². The van der Waals surface area contributed by atoms with Crippen LogP contribution in [0.25, 0.3) is 0 Å². The highest BCUT2D eigenvalue weighted by molar-refractivity contribution is 5.89. The van der Waals surface area contributed by atoms with E-state index in [1.807, 2.05) is 6.92 Å². The van der Waals surface area contributed by atoms with E-state index in [4.69, 9.17) is 23.7 Å². The molecule has 0 aromatic carbocycles. The van der Waals surface area contributed by atoms with Crippen LogP contribution in [0.15, 0.2) is 23.8 Å². The van der Waals surface area contributed by atoms with Crippen molar-refractivity contribution in [2.24, 2.45) is 11.3 Å². The fraction of sp³-hybridized carbons (Fsp3) is 0.692. The largest absolute Gasteiger partial charge is 0.462 e. The molecule has 0 aromatic heterocycles. The summed E-state index contributed by atoms with van der Waals surface area (Å²) in [4.78, 5) is 49.5. The van der Waals surface area contributed by atoms with E-state index >= 15 is 0 Å². The average molecular weight is 507 g/mol. The van der Waals surface area contributed by atoms with E-state index in [2.05, 4.69) is 0 Å². The van der Waals surface area contributed by atoms with Crippen molar-refractivity contribution in [1.82, 2.24) is 0 Å². The normalized spacial score (nSPS) is 46.6. The van der Waals surface area contributed by atoms with E-state index in [1.165, 1.54) is 27.7 Å². The number of ether oxygens (including phenoxy) is 5. The molecular weight excluding hydrogens is 472 g/mol. The van der Waals surface area contributed by atoms with E-state index < -0.39 is 76.4 Å². The molecule has 0 amide bonds. The zero-order valence-electron chi connectivity index (χ0n) is 21.7. The maximum Gasteiger partial charge on any atom is 0.342 e. The number of carbonyl (C=O) groups is 4. The van der Waals surface area contributed by atoms with Crippen molar-refractivity contribution in [3.63, 3.8) is 0 Å². The molecule has 4 aliphatic rings. The summed E-state index contributed by atoms with van der Waals surface area (Å²) < 4.78 is 29.0. The summed E-state index contributed by atoms with van der Waals surface area (Å²) in [6.45, 7) is 10.5. The third kappa shape index (κ3) is 3.76. The van der Waals surface area contributed by atoms with Crippen molar-refractivity contribution >= 4 is 23.9 Å². The molecule has 0 unspecified atom stereocenters. The van der Waals surface area contributed by atoms with Gasteiger partial charge in [0.1, 0.15) is 23.9 Å². The first-order valence-electron chi connectivity index (χ1n) is 12.1. The van der Waals surface area contributed by atoms with Gasteiger partial charge in [-0.3, -0.25) is 14.4 Å². The van der Waals surface area contributed by atoms with Crippen LogP contribution in [0.1, 0.15) is 61.3 Å². The molecule has 2 aliphatic carbocycles. The second-order valence-electron chi connectivity index (χ2n) is 10.9. The van der Waals surface area contributed by atoms with Crippen LogP contribution in [-0.2, 0) is 42.9 Å². The third-order valence-corrected chi connectivity index (χ3v) is 8.18. The highest BCUT2D eigenvalue weighted by atomic mass is 16.7. The molecule has 36 heavy (non-hydrogen) atoms. The Kier molecular flexibility index (Phi) is 6.16. The number of epoxide rings is 1. The van der Waals surface area contributed by atoms with Gasteiger partial charge in [0.05, 0.1) is 0 Å². The van der Waals surface area contributed by atoms with Gasteiger partial charge < -0.3 is 28.8 Å². The predicted molar refractivity (Wildman–Crippen MR) is 123 cm³/mol. The average Bonchev–Trinajstić information content (AvgIpc) is 3.32. The van der Waals surface area contributed by atoms with Crippen LogP contribution < -0.4 is 0 Å². The lowest BCUT2D eigenvalue weighted by Gasteiger charge is -2.55. The van der Waals surface area contributed by atoms with Crippen molar-refractivity contribution in [2.45, 2.75) is 103 Å². The minimum Gasteiger partial charge on any atom is -0.462 e. The highest BCUT2D eigenvalue weighted by Gasteiger charge is 2.87. The lowest BCUT2D eigenvalue weighted by molar-refractivity contribution is -0.218. The Balaban J connectivity index is 1.99. The Labute approximate surface area is 209 Å². The summed E-state index contributed by atoms with van der Waals surface area (Å²) in [5.41, 5.74) is -4.96. The second-order valence-corrected chi connectivity index (χ2v) is 10.9. The number of rotatable bonds is 3. The number of esters is 4. The molecule has 0 saturated carbocycles. The molecule has 1 spiro atoms. The van der Waals surface area contributed by atoms with E-state index in [0.29, 0.717) is 12.8 Å². The standard InChI is InChI=1S/C26H34O10/c1-13-8-9-17(32-14(2)27)23(5)11-10-18(33-15(3)28)24(6,31)20(23)21(34-16(4)29)26-19(12-13)35-22(30)25(26,7)36-26/h10-12,17-21,31H,8-9H2,1-7H3/b13-12-/t17-,18+,19+,20-,21-,23-,24+,25+,26+/m1/s1. The molecule has 10 heteroatoms. The number of fused-ring (bicyclic) bond motifs is 1. The maximum absolute atomic E-state index is 12.9. The fourth-order valence-corrected chi connectivity index (χ4v) is 6.46. The molecule has 0 aromatic rings. The van der Waals surface area contributed by atoms with Crippen molar-refractivity contribution < 1.29 is 48.0 Å². The van der Waals surface area contributed by atoms with Gasteiger partial charge in [0.25, 0.3) is 0 Å². The van der Waals surface area contributed by atoms with E-state index in [1.54, 1.807) is 32.1 Å². The molecule has 2 aliphatic heterocycles. The van der Waals surface area contributed by atoms with E-state index in [-0.39, 0.29) is 0 Å². The molecule has 4 rings (SSSR count). The zero-order chi connectivity index (χ0) is 26.8. The number of carbonyl (C=O) groups excluding carboxylic acids is 4. The van der Waals surface area contributed by atoms with Crippen molar-refractivity contribution in [2.75, 3.05) is 0 Å². The Morgan fingerprint density at radius 1 is 1.03 bits per heavy atom. The van der Waals surface area contributed by atoms with Gasteiger partial charge in [0.15, 0.2) is 17.3 Å². The summed E-state index contributed by atoms with van der Waals surface area (Å²) >= 11 is 0. The SMILES string of the molecule is CC(=O)O[C@H]1C=C[C@]2(C)[C@H](OC(C)=O)CC/C(C)=C\[C@@H]3OC(=O)[C@]4(C)O[C@]34[C@H](OC(C)=O)[C@H]2[C@@]1(C)O. The van der Waals surface area contributed by atoms with Crippen LogP contribution in [0.3, 0.4) is 0 Å². The van der Waals surface area contributed by atoms with Crippen LogP contribution in [0.4, 0.5) is 0 Å². The Morgan fingerprint density at radius 2 is 1.64 bits per heavy atom. The lowest BCUT2D eigenvalue weighted by atomic mass is 9.55. The Hall–Kier alpha value is -2.72. The van der Waals surface area contributed by atoms with Crippen LogP contribution in [0.2, 0.25) is 0 Å². The van der Waals surface area contributed by atoms with Crippen molar-refractivity contribution in [1.29, 1.82) is 0 Å². The Morgan fingerprint density at radius 3 is 2.19 bits per heavy atom. The molecule has 0 radical (unpaired) electrons. The first-order valence-corrected chi connectivity index (χ1v) is 12.1. The van der Waals surface area contributed by atoms with Gasteiger partial charge in [-0.25, -0.2) is 4.79 Å². The second kappa shape index (κ2) is 8.41. The minimum atomic E-state index is -1.83. The molecule has 10 nitrogen and oxygen atoms in total. The van der Waals surface area contributed by atoms with Crippen LogP contribution in [0.5, 0.6) is 0 Å². The fourth-order valence-electron chi connectivity index (χ4n) is 6.46. The van der Waals surface area contributed by atoms with Gasteiger partial charge in [-0.15, -0.1) is 0 Å². The molecule has 2 heterocycles. The van der Waals surface area contributed by atoms with Crippen molar-refractivity contribution in [3.05, 3.63) is 23.8 Å². The number of allylic oxidation sites excluding steroid dienone is 1. The predicted octanol–water partition coefficient (Wildman–Crippen LogP) is 1.92. The summed E-state index contributed by atoms with van der Waals surface area (Å²) in [6, 6.07) is 0. The molecular formula is C26H34O10. The molecule has 2 saturated heterocycles. The van der Waals surface area contributed by atoms with Crippen LogP contribution in [0, 0.1) is 11.3 Å². The summed E-state index contributed by atoms with van der Waals surface area (Å²) in [5.74, 6) is -3.44. The first kappa shape index (κ1) is 26.3. The zero-order valence-corrected chi connectivity index (χ0v) is 21.7. The van der Waals surface area contributed by atoms with Gasteiger partial charge in [-0.2, -0.15) is 0 Å². The number of aliphatic hydroxyl groups is 1. The quantitative estimate of drug-likeness (QED) is 0.261. The van der Waals surface area contributed by atoms with Gasteiger partial charge in [0.2, 0.25) is 0 Å². The van der Waals surface area contributed by atoms with Crippen molar-refractivity contribution in [3.8, 4) is 0 Å². The molecule has 0 bridgehead atoms. The summed E-state index contributed by atoms with van der Waals surface area (Å²) in [6.07, 6.45) is 1.96. The van der Waals surface area contributed by atoms with E-state index in [9.17, 15) is 24.3 Å². The lowest BCUT2D eigenvalue weighted by Crippen LogP contribution is -2.67. The molecule has 9 atom stereocenters. The van der Waals surface area contributed by atoms with Gasteiger partial charge in [-0.05, 0) is 45.8 Å². The smallest absolute Gasteiger partial charge is 0.342 e. The van der Waals surface area contributed by atoms with Crippen LogP contribution >= 0.6 is 0 Å². The van der Waals surface area contributed by atoms with Gasteiger partial charge >= 0.3 is 23.9 Å². The minimum absolute atomic E-state index is 0.381. The summed E-state index contributed by atoms with van der Waals surface area (Å²) in [5, 5.41) is 12.1. The van der Waals surface area contributed by atoms with Gasteiger partial charge in [0, 0.05) is 32.1 Å². The highest BCUT2D eigenvalue weighted by Crippen LogP contribution is 2.65. The molecule has 198 valence electrons. The number of hydrogen-bond acceptors (Lipinski definition) is 10.